The van der Waals surface area contributed by atoms with Gasteiger partial charge in [-0.25, -0.2) is 0 Å². The molecule has 82 valence electrons. The molecule has 0 bridgehead atoms. The Labute approximate surface area is 134 Å². The molecule has 1 N–H and O–H groups in total. The number of amides is 1. The Morgan fingerprint density at radius 1 is 1.38 bits per heavy atom. The summed E-state index contributed by atoms with van der Waals surface area (Å²) in [4.78, 5) is 11.1. The third-order valence-corrected chi connectivity index (χ3v) is 1.88. The number of halogens is 3. The predicted octanol–water partition coefficient (Wildman–Crippen LogP) is -1.02. The maximum atomic E-state index is 12.1. The zero-order valence-corrected chi connectivity index (χ0v) is 12.3. The smallest absolute Gasteiger partial charge is 0.449 e. The van der Waals surface area contributed by atoms with E-state index >= 15 is 0 Å². The van der Waals surface area contributed by atoms with Crippen LogP contribution in [-0.2, 0) is 6.32 Å². The monoisotopic (exact) mass is 255 g/mol. The Morgan fingerprint density at radius 2 is 2.00 bits per heavy atom. The van der Waals surface area contributed by atoms with E-state index in [1.165, 1.54) is 31.3 Å². The van der Waals surface area contributed by atoms with Gasteiger partial charge in [0.25, 0.3) is 5.91 Å². The molecule has 1 rings (SSSR count). The van der Waals surface area contributed by atoms with E-state index in [9.17, 15) is 17.7 Å². The van der Waals surface area contributed by atoms with Crippen molar-refractivity contribution in [2.75, 3.05) is 7.05 Å². The number of hydrogen-bond donors (Lipinski definition) is 1. The molecule has 0 aromatic heterocycles. The van der Waals surface area contributed by atoms with Crippen molar-refractivity contribution in [3.05, 3.63) is 35.4 Å². The average molecular weight is 255 g/mol. The average Bonchev–Trinajstić information content (AvgIpc) is 2.14. The molecule has 0 radical (unpaired) electrons. The molecular weight excluding hydrogens is 245 g/mol. The second-order valence-corrected chi connectivity index (χ2v) is 3.19. The second-order valence-electron chi connectivity index (χ2n) is 3.19. The zero-order chi connectivity index (χ0) is 11.5. The van der Waals surface area contributed by atoms with Crippen LogP contribution >= 0.6 is 0 Å². The van der Waals surface area contributed by atoms with Crippen molar-refractivity contribution in [2.45, 2.75) is 6.32 Å². The normalized spacial score (nSPS) is 10.5. The number of nitrogens with one attached hydrogen (secondary N) is 1. The fraction of sp³-hybridized carbons (Fsp3) is 0.222. The number of hydrogen-bond acceptors (Lipinski definition) is 1. The SMILES string of the molecule is CNC(=O)c1cccc(C[B-](F)(F)F)c1.[K+]. The Bertz CT molecular complexity index is 370. The molecule has 0 unspecified atom stereocenters. The quantitative estimate of drug-likeness (QED) is 0.688. The van der Waals surface area contributed by atoms with E-state index in [4.69, 9.17) is 0 Å². The number of carbonyl (C=O) groups is 1. The van der Waals surface area contributed by atoms with Crippen molar-refractivity contribution in [1.29, 1.82) is 0 Å². The zero-order valence-electron chi connectivity index (χ0n) is 9.14. The van der Waals surface area contributed by atoms with Crippen LogP contribution in [0, 0.1) is 0 Å². The van der Waals surface area contributed by atoms with E-state index in [0.29, 0.717) is 0 Å². The molecule has 0 aliphatic rings. The summed E-state index contributed by atoms with van der Waals surface area (Å²) in [6.07, 6.45) is -0.954. The Morgan fingerprint density at radius 3 is 2.50 bits per heavy atom. The third-order valence-electron chi connectivity index (χ3n) is 1.88. The third kappa shape index (κ3) is 5.49. The van der Waals surface area contributed by atoms with Crippen LogP contribution in [0.25, 0.3) is 0 Å². The molecule has 0 saturated heterocycles. The first kappa shape index (κ1) is 16.2. The summed E-state index contributed by atoms with van der Waals surface area (Å²) in [5, 5.41) is 2.36. The minimum atomic E-state index is -4.86. The van der Waals surface area contributed by atoms with Crippen LogP contribution in [0.3, 0.4) is 0 Å². The fourth-order valence-corrected chi connectivity index (χ4v) is 1.25. The molecule has 0 heterocycles. The number of benzene rings is 1. The van der Waals surface area contributed by atoms with E-state index in [-0.39, 0.29) is 68.4 Å². The first-order chi connectivity index (χ1) is 6.92. The Kier molecular flexibility index (Phi) is 6.88. The van der Waals surface area contributed by atoms with Gasteiger partial charge in [-0.3, -0.25) is 4.79 Å². The maximum absolute atomic E-state index is 12.1. The van der Waals surface area contributed by atoms with Gasteiger partial charge in [0.1, 0.15) is 0 Å². The van der Waals surface area contributed by atoms with Crippen molar-refractivity contribution in [2.24, 2.45) is 0 Å². The molecule has 0 saturated carbocycles. The summed E-state index contributed by atoms with van der Waals surface area (Å²) in [5.74, 6) is -0.383. The van der Waals surface area contributed by atoms with Crippen molar-refractivity contribution in [1.82, 2.24) is 5.32 Å². The molecule has 16 heavy (non-hydrogen) atoms. The maximum Gasteiger partial charge on any atom is 1.00 e. The van der Waals surface area contributed by atoms with Crippen LogP contribution in [0.5, 0.6) is 0 Å². The van der Waals surface area contributed by atoms with Crippen LogP contribution in [0.2, 0.25) is 0 Å². The summed E-state index contributed by atoms with van der Waals surface area (Å²) in [6, 6.07) is 5.54. The molecular formula is C9H10BF3KNO. The number of rotatable bonds is 3. The molecule has 0 aliphatic heterocycles. The van der Waals surface area contributed by atoms with Crippen LogP contribution < -0.4 is 56.7 Å². The van der Waals surface area contributed by atoms with Crippen molar-refractivity contribution in [3.63, 3.8) is 0 Å². The van der Waals surface area contributed by atoms with Crippen molar-refractivity contribution >= 4 is 12.9 Å². The summed E-state index contributed by atoms with van der Waals surface area (Å²) in [6.45, 7) is -4.86. The van der Waals surface area contributed by atoms with E-state index in [0.717, 1.165) is 0 Å². The van der Waals surface area contributed by atoms with Crippen LogP contribution in [0.15, 0.2) is 24.3 Å². The molecule has 0 atom stereocenters. The minimum Gasteiger partial charge on any atom is -0.449 e. The summed E-state index contributed by atoms with van der Waals surface area (Å²) in [7, 11) is 1.43. The largest absolute Gasteiger partial charge is 1.00 e. The molecule has 1 amide bonds. The van der Waals surface area contributed by atoms with E-state index in [1.54, 1.807) is 0 Å². The fourth-order valence-electron chi connectivity index (χ4n) is 1.25. The van der Waals surface area contributed by atoms with Gasteiger partial charge in [0.05, 0.1) is 0 Å². The van der Waals surface area contributed by atoms with Gasteiger partial charge in [-0.15, -0.1) is 0 Å². The van der Waals surface area contributed by atoms with Crippen LogP contribution in [-0.4, -0.2) is 19.9 Å². The second kappa shape index (κ2) is 6.81. The molecule has 0 fully saturated rings. The molecule has 0 aliphatic carbocycles. The van der Waals surface area contributed by atoms with Gasteiger partial charge in [0, 0.05) is 12.6 Å². The van der Waals surface area contributed by atoms with E-state index in [2.05, 4.69) is 5.32 Å². The Hall–Kier alpha value is 0.181. The van der Waals surface area contributed by atoms with Gasteiger partial charge in [0.15, 0.2) is 0 Å². The molecule has 0 spiro atoms. The van der Waals surface area contributed by atoms with Gasteiger partial charge >= 0.3 is 58.4 Å². The first-order valence-electron chi connectivity index (χ1n) is 4.44. The summed E-state index contributed by atoms with van der Waals surface area (Å²) in [5.41, 5.74) is 0.360. The molecule has 1 aromatic carbocycles. The van der Waals surface area contributed by atoms with Gasteiger partial charge in [-0.1, -0.05) is 24.0 Å². The van der Waals surface area contributed by atoms with E-state index < -0.39 is 13.3 Å². The standard InChI is InChI=1S/C9H10BF3NO.K/c1-14-9(15)8-4-2-3-7(5-8)6-10(11,12)13;/h2-5H,6H2,1H3,(H,14,15);/q-1;+1. The summed E-state index contributed by atoms with van der Waals surface area (Å²) >= 11 is 0. The Balaban J connectivity index is 0.00000225. The van der Waals surface area contributed by atoms with E-state index in [1.807, 2.05) is 0 Å². The van der Waals surface area contributed by atoms with Gasteiger partial charge in [-0.2, -0.15) is 0 Å². The van der Waals surface area contributed by atoms with Gasteiger partial charge < -0.3 is 18.3 Å². The van der Waals surface area contributed by atoms with Crippen LogP contribution in [0.4, 0.5) is 12.9 Å². The van der Waals surface area contributed by atoms with Crippen molar-refractivity contribution < 1.29 is 69.1 Å². The van der Waals surface area contributed by atoms with Gasteiger partial charge in [0.2, 0.25) is 0 Å². The molecule has 2 nitrogen and oxygen atoms in total. The van der Waals surface area contributed by atoms with Crippen molar-refractivity contribution in [3.8, 4) is 0 Å². The van der Waals surface area contributed by atoms with Gasteiger partial charge in [-0.05, 0) is 12.1 Å². The topological polar surface area (TPSA) is 29.1 Å². The number of carbonyl (C=O) groups excluding carboxylic acids is 1. The van der Waals surface area contributed by atoms with Crippen LogP contribution in [0.1, 0.15) is 15.9 Å². The molecule has 1 aromatic rings. The first-order valence-corrected chi connectivity index (χ1v) is 4.44. The summed E-state index contributed by atoms with van der Waals surface area (Å²) < 4.78 is 36.4. The minimum absolute atomic E-state index is 0. The molecule has 7 heteroatoms. The predicted molar refractivity (Wildman–Crippen MR) is 52.6 cm³/mol.